The molecule has 0 unspecified atom stereocenters. The second-order valence-electron chi connectivity index (χ2n) is 6.88. The maximum Gasteiger partial charge on any atom is 0.234 e. The van der Waals surface area contributed by atoms with Gasteiger partial charge in [0.2, 0.25) is 11.8 Å². The van der Waals surface area contributed by atoms with Crippen molar-refractivity contribution in [3.05, 3.63) is 36.4 Å². The van der Waals surface area contributed by atoms with Crippen LogP contribution in [0.5, 0.6) is 11.6 Å². The molecule has 2 N–H and O–H groups in total. The number of hydrogen-bond donors (Lipinski definition) is 2. The summed E-state index contributed by atoms with van der Waals surface area (Å²) in [7, 11) is 0. The third-order valence-corrected chi connectivity index (χ3v) is 4.64. The maximum atomic E-state index is 5.96. The summed E-state index contributed by atoms with van der Waals surface area (Å²) < 4.78 is 5.96. The molecule has 6 nitrogen and oxygen atoms in total. The van der Waals surface area contributed by atoms with Gasteiger partial charge in [-0.1, -0.05) is 32.0 Å². The van der Waals surface area contributed by atoms with Crippen LogP contribution in [0.3, 0.4) is 0 Å². The van der Waals surface area contributed by atoms with E-state index in [9.17, 15) is 0 Å². The first-order valence-electron chi connectivity index (χ1n) is 9.56. The second kappa shape index (κ2) is 9.50. The summed E-state index contributed by atoms with van der Waals surface area (Å²) in [5.41, 5.74) is 0. The molecule has 2 heterocycles. The Labute approximate surface area is 166 Å². The van der Waals surface area contributed by atoms with E-state index in [2.05, 4.69) is 39.3 Å². The summed E-state index contributed by atoms with van der Waals surface area (Å²) in [5, 5.41) is 6.75. The Kier molecular flexibility index (Phi) is 6.81. The van der Waals surface area contributed by atoms with E-state index in [1.54, 1.807) is 0 Å². The van der Waals surface area contributed by atoms with Gasteiger partial charge in [-0.2, -0.15) is 9.97 Å². The van der Waals surface area contributed by atoms with Gasteiger partial charge in [0.25, 0.3) is 0 Å². The van der Waals surface area contributed by atoms with E-state index in [0.29, 0.717) is 22.9 Å². The zero-order chi connectivity index (χ0) is 19.1. The molecule has 2 aromatic rings. The molecule has 0 spiro atoms. The molecule has 0 aliphatic carbocycles. The average molecular weight is 386 g/mol. The van der Waals surface area contributed by atoms with Crippen molar-refractivity contribution in [3.63, 3.8) is 0 Å². The molecule has 1 atom stereocenters. The van der Waals surface area contributed by atoms with E-state index < -0.39 is 0 Å². The molecular formula is C20H27N5OS. The molecular weight excluding hydrogens is 358 g/mol. The Morgan fingerprint density at radius 2 is 2.11 bits per heavy atom. The van der Waals surface area contributed by atoms with Crippen LogP contribution in [-0.4, -0.2) is 34.7 Å². The predicted octanol–water partition coefficient (Wildman–Crippen LogP) is 4.20. The first kappa shape index (κ1) is 19.4. The monoisotopic (exact) mass is 385 g/mol. The SMILES string of the molecule is CCCNC(=S)Nc1nc(Oc2ccccc2)cc(N2CCC[C@@H](C)C2)n1. The highest BCUT2D eigenvalue weighted by molar-refractivity contribution is 7.80. The van der Waals surface area contributed by atoms with Crippen LogP contribution >= 0.6 is 12.2 Å². The minimum Gasteiger partial charge on any atom is -0.439 e. The third-order valence-electron chi connectivity index (χ3n) is 4.40. The van der Waals surface area contributed by atoms with Crippen LogP contribution < -0.4 is 20.3 Å². The van der Waals surface area contributed by atoms with Crippen LogP contribution in [0.2, 0.25) is 0 Å². The molecule has 3 rings (SSSR count). The zero-order valence-corrected chi connectivity index (χ0v) is 16.8. The summed E-state index contributed by atoms with van der Waals surface area (Å²) in [6, 6.07) is 11.5. The normalized spacial score (nSPS) is 16.7. The van der Waals surface area contributed by atoms with Crippen molar-refractivity contribution in [3.8, 4) is 11.6 Å². The van der Waals surface area contributed by atoms with Crippen molar-refractivity contribution in [2.24, 2.45) is 5.92 Å². The number of thiocarbonyl (C=S) groups is 1. The topological polar surface area (TPSA) is 62.3 Å². The van der Waals surface area contributed by atoms with E-state index in [0.717, 1.165) is 37.6 Å². The van der Waals surface area contributed by atoms with Crippen LogP contribution in [0, 0.1) is 5.92 Å². The van der Waals surface area contributed by atoms with Crippen molar-refractivity contribution in [1.82, 2.24) is 15.3 Å². The summed E-state index contributed by atoms with van der Waals surface area (Å²) in [6.45, 7) is 7.15. The van der Waals surface area contributed by atoms with Crippen molar-refractivity contribution in [1.29, 1.82) is 0 Å². The number of nitrogens with one attached hydrogen (secondary N) is 2. The fourth-order valence-corrected chi connectivity index (χ4v) is 3.27. The maximum absolute atomic E-state index is 5.96. The highest BCUT2D eigenvalue weighted by Gasteiger charge is 2.20. The highest BCUT2D eigenvalue weighted by Crippen LogP contribution is 2.27. The highest BCUT2D eigenvalue weighted by atomic mass is 32.1. The molecule has 1 aromatic heterocycles. The number of nitrogens with zero attached hydrogens (tertiary/aromatic N) is 3. The molecule has 0 amide bonds. The van der Waals surface area contributed by atoms with Gasteiger partial charge in [0.05, 0.1) is 0 Å². The van der Waals surface area contributed by atoms with Crippen LogP contribution in [-0.2, 0) is 0 Å². The number of para-hydroxylation sites is 1. The van der Waals surface area contributed by atoms with Gasteiger partial charge in [-0.3, -0.25) is 0 Å². The van der Waals surface area contributed by atoms with Gasteiger partial charge < -0.3 is 20.3 Å². The van der Waals surface area contributed by atoms with E-state index in [4.69, 9.17) is 17.0 Å². The van der Waals surface area contributed by atoms with Crippen molar-refractivity contribution >= 4 is 29.1 Å². The first-order valence-corrected chi connectivity index (χ1v) is 9.96. The first-order chi connectivity index (χ1) is 13.1. The molecule has 0 bridgehead atoms. The molecule has 27 heavy (non-hydrogen) atoms. The lowest BCUT2D eigenvalue weighted by atomic mass is 10.0. The molecule has 7 heteroatoms. The molecule has 1 saturated heterocycles. The molecule has 144 valence electrons. The summed E-state index contributed by atoms with van der Waals surface area (Å²) in [4.78, 5) is 11.5. The fraction of sp³-hybridized carbons (Fsp3) is 0.450. The van der Waals surface area contributed by atoms with Crippen LogP contribution in [0.1, 0.15) is 33.1 Å². The molecule has 1 aliphatic rings. The summed E-state index contributed by atoms with van der Waals surface area (Å²) in [6.07, 6.45) is 3.42. The number of hydrogen-bond acceptors (Lipinski definition) is 5. The Bertz CT molecular complexity index is 755. The standard InChI is InChI=1S/C20H27N5OS/c1-3-11-21-20(27)24-19-22-17(25-12-7-8-15(2)14-25)13-18(23-19)26-16-9-5-4-6-10-16/h4-6,9-10,13,15H,3,7-8,11-12,14H2,1-2H3,(H2,21,22,23,24,27)/t15-/m1/s1. The lowest BCUT2D eigenvalue weighted by Gasteiger charge is -2.32. The van der Waals surface area contributed by atoms with Crippen molar-refractivity contribution < 1.29 is 4.74 Å². The fourth-order valence-electron chi connectivity index (χ4n) is 3.07. The van der Waals surface area contributed by atoms with Crippen molar-refractivity contribution in [2.75, 3.05) is 29.9 Å². The van der Waals surface area contributed by atoms with Gasteiger partial charge in [0.1, 0.15) is 11.6 Å². The summed E-state index contributed by atoms with van der Waals surface area (Å²) >= 11 is 5.34. The number of benzene rings is 1. The second-order valence-corrected chi connectivity index (χ2v) is 7.29. The minimum atomic E-state index is 0.449. The minimum absolute atomic E-state index is 0.449. The Balaban J connectivity index is 1.83. The molecule has 1 aromatic carbocycles. The molecule has 0 saturated carbocycles. The average Bonchev–Trinajstić information content (AvgIpc) is 2.67. The molecule has 1 fully saturated rings. The Hall–Kier alpha value is -2.41. The number of anilines is 2. The Morgan fingerprint density at radius 3 is 2.85 bits per heavy atom. The van der Waals surface area contributed by atoms with E-state index in [-0.39, 0.29) is 0 Å². The van der Waals surface area contributed by atoms with Crippen LogP contribution in [0.4, 0.5) is 11.8 Å². The smallest absolute Gasteiger partial charge is 0.234 e. The van der Waals surface area contributed by atoms with Crippen LogP contribution in [0.15, 0.2) is 36.4 Å². The number of aromatic nitrogens is 2. The molecule has 0 radical (unpaired) electrons. The quantitative estimate of drug-likeness (QED) is 0.723. The van der Waals surface area contributed by atoms with Gasteiger partial charge in [-0.25, -0.2) is 0 Å². The van der Waals surface area contributed by atoms with E-state index in [1.807, 2.05) is 36.4 Å². The van der Waals surface area contributed by atoms with E-state index in [1.165, 1.54) is 12.8 Å². The van der Waals surface area contributed by atoms with Gasteiger partial charge in [-0.15, -0.1) is 0 Å². The zero-order valence-electron chi connectivity index (χ0n) is 15.9. The lowest BCUT2D eigenvalue weighted by Crippen LogP contribution is -2.35. The van der Waals surface area contributed by atoms with Gasteiger partial charge in [0.15, 0.2) is 5.11 Å². The lowest BCUT2D eigenvalue weighted by molar-refractivity contribution is 0.440. The third kappa shape index (κ3) is 5.79. The predicted molar refractivity (Wildman–Crippen MR) is 114 cm³/mol. The Morgan fingerprint density at radius 1 is 1.30 bits per heavy atom. The number of piperidine rings is 1. The summed E-state index contributed by atoms with van der Waals surface area (Å²) in [5.74, 6) is 3.21. The van der Waals surface area contributed by atoms with Gasteiger partial charge >= 0.3 is 0 Å². The number of ether oxygens (including phenoxy) is 1. The van der Waals surface area contributed by atoms with Crippen molar-refractivity contribution in [2.45, 2.75) is 33.1 Å². The van der Waals surface area contributed by atoms with Gasteiger partial charge in [-0.05, 0) is 49.5 Å². The van der Waals surface area contributed by atoms with Crippen LogP contribution in [0.25, 0.3) is 0 Å². The number of rotatable bonds is 6. The molecule has 1 aliphatic heterocycles. The largest absolute Gasteiger partial charge is 0.439 e. The van der Waals surface area contributed by atoms with Gasteiger partial charge in [0, 0.05) is 25.7 Å². The van der Waals surface area contributed by atoms with E-state index >= 15 is 0 Å².